The molecule has 2 aromatic carbocycles. The Hall–Kier alpha value is -1.92. The van der Waals surface area contributed by atoms with Gasteiger partial charge in [-0.3, -0.25) is 0 Å². The monoisotopic (exact) mass is 310 g/mol. The molecule has 4 nitrogen and oxygen atoms in total. The van der Waals surface area contributed by atoms with E-state index >= 15 is 0 Å². The summed E-state index contributed by atoms with van der Waals surface area (Å²) in [6, 6.07) is 10.1. The maximum Gasteiger partial charge on any atom is 0.175 e. The van der Waals surface area contributed by atoms with Crippen LogP contribution in [0.15, 0.2) is 47.4 Å². The van der Waals surface area contributed by atoms with Crippen LogP contribution < -0.4 is 4.74 Å². The van der Waals surface area contributed by atoms with Gasteiger partial charge in [-0.2, -0.15) is 0 Å². The molecule has 0 unspecified atom stereocenters. The van der Waals surface area contributed by atoms with Gasteiger partial charge in [0.1, 0.15) is 17.3 Å². The van der Waals surface area contributed by atoms with E-state index in [0.29, 0.717) is 0 Å². The summed E-state index contributed by atoms with van der Waals surface area (Å²) in [5.74, 6) is -0.178. The van der Waals surface area contributed by atoms with E-state index in [-0.39, 0.29) is 22.0 Å². The van der Waals surface area contributed by atoms with Gasteiger partial charge in [0.2, 0.25) is 0 Å². The minimum atomic E-state index is -3.36. The predicted molar refractivity (Wildman–Crippen MR) is 76.7 cm³/mol. The molecule has 0 saturated carbocycles. The molecule has 0 aromatic heterocycles. The minimum Gasteiger partial charge on any atom is -0.457 e. The average molecular weight is 310 g/mol. The average Bonchev–Trinajstić information content (AvgIpc) is 2.37. The third kappa shape index (κ3) is 3.59. The molecule has 0 bridgehead atoms. The van der Waals surface area contributed by atoms with Crippen LogP contribution in [0.25, 0.3) is 0 Å². The van der Waals surface area contributed by atoms with Crippen molar-refractivity contribution >= 4 is 9.84 Å². The Morgan fingerprint density at radius 2 is 1.86 bits per heavy atom. The predicted octanol–water partition coefficient (Wildman–Crippen LogP) is 3.07. The number of hydrogen-bond acceptors (Lipinski definition) is 4. The normalized spacial score (nSPS) is 13.0. The first-order chi connectivity index (χ1) is 9.79. The highest BCUT2D eigenvalue weighted by molar-refractivity contribution is 7.90. The fraction of sp³-hybridized carbons (Fsp3) is 0.200. The number of hydrogen-bond donors (Lipinski definition) is 1. The number of aliphatic hydroxyl groups is 1. The molecular weight excluding hydrogens is 295 g/mol. The number of rotatable bonds is 4. The second-order valence-electron chi connectivity index (χ2n) is 4.68. The molecule has 0 heterocycles. The van der Waals surface area contributed by atoms with Gasteiger partial charge in [0, 0.05) is 6.26 Å². The van der Waals surface area contributed by atoms with E-state index in [4.69, 9.17) is 4.74 Å². The summed E-state index contributed by atoms with van der Waals surface area (Å²) < 4.78 is 42.3. The van der Waals surface area contributed by atoms with Gasteiger partial charge in [-0.15, -0.1) is 0 Å². The van der Waals surface area contributed by atoms with Crippen molar-refractivity contribution in [3.8, 4) is 11.5 Å². The summed E-state index contributed by atoms with van der Waals surface area (Å²) in [5.41, 5.74) is 0.0299. The Kier molecular flexibility index (Phi) is 4.29. The molecule has 6 heteroatoms. The molecule has 2 aromatic rings. The van der Waals surface area contributed by atoms with E-state index in [0.717, 1.165) is 6.26 Å². The zero-order valence-corrected chi connectivity index (χ0v) is 12.4. The van der Waals surface area contributed by atoms with Crippen LogP contribution in [0, 0.1) is 5.82 Å². The van der Waals surface area contributed by atoms with Crippen LogP contribution in [0.1, 0.15) is 18.6 Å². The first kappa shape index (κ1) is 15.5. The summed E-state index contributed by atoms with van der Waals surface area (Å²) in [5, 5.41) is 9.63. The van der Waals surface area contributed by atoms with Crippen LogP contribution in [0.2, 0.25) is 0 Å². The highest BCUT2D eigenvalue weighted by Crippen LogP contribution is 2.32. The van der Waals surface area contributed by atoms with Crippen molar-refractivity contribution in [2.45, 2.75) is 17.9 Å². The molecular formula is C15H15FO4S. The first-order valence-corrected chi connectivity index (χ1v) is 8.12. The molecule has 0 fully saturated rings. The topological polar surface area (TPSA) is 63.6 Å². The van der Waals surface area contributed by atoms with Gasteiger partial charge < -0.3 is 9.84 Å². The van der Waals surface area contributed by atoms with Crippen LogP contribution >= 0.6 is 0 Å². The van der Waals surface area contributed by atoms with Gasteiger partial charge in [-0.1, -0.05) is 12.1 Å². The summed E-state index contributed by atoms with van der Waals surface area (Å²) >= 11 is 0. The molecule has 0 amide bonds. The molecule has 0 aliphatic rings. The van der Waals surface area contributed by atoms with Crippen LogP contribution in [0.5, 0.6) is 11.5 Å². The van der Waals surface area contributed by atoms with E-state index < -0.39 is 21.8 Å². The molecule has 112 valence electrons. The quantitative estimate of drug-likeness (QED) is 0.942. The molecule has 0 aliphatic heterocycles. The van der Waals surface area contributed by atoms with Crippen molar-refractivity contribution in [1.29, 1.82) is 0 Å². The summed E-state index contributed by atoms with van der Waals surface area (Å²) in [4.78, 5) is 0.106. The number of aliphatic hydroxyl groups excluding tert-OH is 1. The maximum absolute atomic E-state index is 13.7. The van der Waals surface area contributed by atoms with Crippen LogP contribution in [-0.4, -0.2) is 19.8 Å². The van der Waals surface area contributed by atoms with Crippen LogP contribution in [0.3, 0.4) is 0 Å². The lowest BCUT2D eigenvalue weighted by Crippen LogP contribution is -2.01. The highest BCUT2D eigenvalue weighted by atomic mass is 32.2. The molecule has 0 spiro atoms. The molecule has 0 aliphatic carbocycles. The number of ether oxygens (including phenoxy) is 1. The van der Waals surface area contributed by atoms with E-state index in [1.54, 1.807) is 6.07 Å². The smallest absolute Gasteiger partial charge is 0.175 e. The molecule has 21 heavy (non-hydrogen) atoms. The van der Waals surface area contributed by atoms with Gasteiger partial charge in [0.15, 0.2) is 9.84 Å². The van der Waals surface area contributed by atoms with Crippen molar-refractivity contribution < 1.29 is 22.7 Å². The molecule has 2 rings (SSSR count). The standard InChI is InChI=1S/C15H15FO4S/c1-10(17)15-13(16)7-4-8-14(15)20-11-5-3-6-12(9-11)21(2,18)19/h3-10,17H,1-2H3/t10-/m0/s1. The van der Waals surface area contributed by atoms with Gasteiger partial charge in [-0.25, -0.2) is 12.8 Å². The molecule has 1 N–H and O–H groups in total. The molecule has 0 radical (unpaired) electrons. The lowest BCUT2D eigenvalue weighted by Gasteiger charge is -2.14. The van der Waals surface area contributed by atoms with Crippen molar-refractivity contribution in [3.05, 3.63) is 53.8 Å². The van der Waals surface area contributed by atoms with Gasteiger partial charge in [0.25, 0.3) is 0 Å². The van der Waals surface area contributed by atoms with Gasteiger partial charge in [-0.05, 0) is 37.3 Å². The Morgan fingerprint density at radius 1 is 1.19 bits per heavy atom. The lowest BCUT2D eigenvalue weighted by atomic mass is 10.1. The minimum absolute atomic E-state index is 0.0299. The van der Waals surface area contributed by atoms with Crippen molar-refractivity contribution in [2.75, 3.05) is 6.26 Å². The number of sulfone groups is 1. The van der Waals surface area contributed by atoms with Crippen molar-refractivity contribution in [3.63, 3.8) is 0 Å². The zero-order valence-electron chi connectivity index (χ0n) is 11.6. The maximum atomic E-state index is 13.7. The van der Waals surface area contributed by atoms with Crippen LogP contribution in [0.4, 0.5) is 4.39 Å². The molecule has 0 saturated heterocycles. The number of halogens is 1. The van der Waals surface area contributed by atoms with Crippen LogP contribution in [-0.2, 0) is 9.84 Å². The summed E-state index contributed by atoms with van der Waals surface area (Å²) in [7, 11) is -3.36. The Labute approximate surface area is 122 Å². The highest BCUT2D eigenvalue weighted by Gasteiger charge is 2.16. The van der Waals surface area contributed by atoms with E-state index in [9.17, 15) is 17.9 Å². The zero-order chi connectivity index (χ0) is 15.6. The van der Waals surface area contributed by atoms with E-state index in [1.807, 2.05) is 0 Å². The first-order valence-electron chi connectivity index (χ1n) is 6.23. The third-order valence-electron chi connectivity index (χ3n) is 2.89. The molecule has 1 atom stereocenters. The Balaban J connectivity index is 2.42. The SMILES string of the molecule is C[C@H](O)c1c(F)cccc1Oc1cccc(S(C)(=O)=O)c1. The number of benzene rings is 2. The Bertz CT molecular complexity index is 754. The lowest BCUT2D eigenvalue weighted by molar-refractivity contribution is 0.190. The van der Waals surface area contributed by atoms with Gasteiger partial charge >= 0.3 is 0 Å². The fourth-order valence-electron chi connectivity index (χ4n) is 1.91. The van der Waals surface area contributed by atoms with Crippen molar-refractivity contribution in [1.82, 2.24) is 0 Å². The second kappa shape index (κ2) is 5.83. The van der Waals surface area contributed by atoms with E-state index in [1.165, 1.54) is 43.3 Å². The van der Waals surface area contributed by atoms with Crippen molar-refractivity contribution in [2.24, 2.45) is 0 Å². The Morgan fingerprint density at radius 3 is 2.48 bits per heavy atom. The van der Waals surface area contributed by atoms with E-state index in [2.05, 4.69) is 0 Å². The third-order valence-corrected chi connectivity index (χ3v) is 4.00. The second-order valence-corrected chi connectivity index (χ2v) is 6.69. The summed E-state index contributed by atoms with van der Waals surface area (Å²) in [6.07, 6.45) is 0.0505. The van der Waals surface area contributed by atoms with Gasteiger partial charge in [0.05, 0.1) is 16.6 Å². The largest absolute Gasteiger partial charge is 0.457 e. The fourth-order valence-corrected chi connectivity index (χ4v) is 2.56. The summed E-state index contributed by atoms with van der Waals surface area (Å²) in [6.45, 7) is 1.43.